The number of halogens is 12. The topological polar surface area (TPSA) is 23.1 Å². The maximum Gasteiger partial charge on any atom is 0.445 e. The van der Waals surface area contributed by atoms with Gasteiger partial charge in [0.05, 0.1) is 0 Å². The lowest BCUT2D eigenvalue weighted by atomic mass is 10.4. The van der Waals surface area contributed by atoms with Gasteiger partial charge < -0.3 is 4.55 Å². The molecule has 0 radical (unpaired) electrons. The van der Waals surface area contributed by atoms with E-state index >= 15 is 0 Å². The highest BCUT2D eigenvalue weighted by molar-refractivity contribution is 7.92. The van der Waals surface area contributed by atoms with Gasteiger partial charge in [0.1, 0.15) is 0 Å². The summed E-state index contributed by atoms with van der Waals surface area (Å²) in [5.74, 6) is 0. The molecular weight excluding hydrogens is 348 g/mol. The van der Waals surface area contributed by atoms with Gasteiger partial charge in [0, 0.05) is 0 Å². The lowest BCUT2D eigenvalue weighted by molar-refractivity contribution is -0.237. The van der Waals surface area contributed by atoms with Crippen molar-refractivity contribution >= 4 is 11.2 Å². The number of rotatable bonds is 2. The van der Waals surface area contributed by atoms with Crippen LogP contribution in [-0.2, 0) is 11.2 Å². The Bertz CT molecular complexity index is 263. The van der Waals surface area contributed by atoms with Gasteiger partial charge in [-0.15, -0.1) is 0 Å². The Hall–Kier alpha value is -0.530. The normalized spacial score (nSPS) is 15.6. The number of hydrogen-bond acceptors (Lipinski definition) is 1. The standard InChI is InChI=1S/C6H2F12OS/c7-3(8,9)1(4(10,11)12)20(19)2(5(13,14)15)6(16,17)18/h1-2H. The predicted octanol–water partition coefficient (Wildman–Crippen LogP) is 3.72. The Morgan fingerprint density at radius 3 is 0.750 bits per heavy atom. The van der Waals surface area contributed by atoms with Crippen molar-refractivity contribution < 1.29 is 57.2 Å². The summed E-state index contributed by atoms with van der Waals surface area (Å²) in [5.41, 5.74) is 0. The lowest BCUT2D eigenvalue weighted by Gasteiger charge is -2.32. The number of alkyl halides is 12. The second-order valence-electron chi connectivity index (χ2n) is 3.26. The monoisotopic (exact) mass is 350 g/mol. The molecule has 14 heteroatoms. The van der Waals surface area contributed by atoms with Crippen LogP contribution < -0.4 is 0 Å². The molecule has 0 rings (SSSR count). The minimum absolute atomic E-state index is 5.26. The fraction of sp³-hybridized carbons (Fsp3) is 1.00. The average Bonchev–Trinajstić information content (AvgIpc) is 1.88. The molecule has 0 aromatic rings. The van der Waals surface area contributed by atoms with Gasteiger partial charge in [-0.3, -0.25) is 0 Å². The van der Waals surface area contributed by atoms with Crippen molar-refractivity contribution in [1.82, 2.24) is 0 Å². The maximum atomic E-state index is 12.0. The Kier molecular flexibility index (Phi) is 5.21. The van der Waals surface area contributed by atoms with E-state index in [4.69, 9.17) is 0 Å². The summed E-state index contributed by atoms with van der Waals surface area (Å²) in [6.45, 7) is 0. The van der Waals surface area contributed by atoms with Gasteiger partial charge in [0.25, 0.3) is 0 Å². The van der Waals surface area contributed by atoms with Crippen LogP contribution >= 0.6 is 0 Å². The van der Waals surface area contributed by atoms with E-state index in [-0.39, 0.29) is 0 Å². The Balaban J connectivity index is 5.81. The zero-order chi connectivity index (χ0) is 16.7. The van der Waals surface area contributed by atoms with E-state index in [2.05, 4.69) is 0 Å². The molecule has 0 aromatic carbocycles. The summed E-state index contributed by atoms with van der Waals surface area (Å²) < 4.78 is 154. The fourth-order valence-electron chi connectivity index (χ4n) is 1.03. The van der Waals surface area contributed by atoms with Gasteiger partial charge in [-0.1, -0.05) is 0 Å². The van der Waals surface area contributed by atoms with Gasteiger partial charge in [-0.05, 0) is 11.2 Å². The van der Waals surface area contributed by atoms with Crippen molar-refractivity contribution in [3.8, 4) is 0 Å². The molecule has 0 bridgehead atoms. The first-order valence-corrected chi connectivity index (χ1v) is 5.34. The smallest absolute Gasteiger partial charge is 0.445 e. The third kappa shape index (κ3) is 4.79. The zero-order valence-corrected chi connectivity index (χ0v) is 9.32. The first kappa shape index (κ1) is 19.5. The zero-order valence-electron chi connectivity index (χ0n) is 8.51. The number of hydrogen-bond donors (Lipinski definition) is 0. The molecule has 1 nitrogen and oxygen atoms in total. The molecule has 0 N–H and O–H groups in total. The van der Waals surface area contributed by atoms with E-state index in [1.54, 1.807) is 0 Å². The summed E-state index contributed by atoms with van der Waals surface area (Å²) in [5, 5.41) is -10.5. The maximum absolute atomic E-state index is 12.0. The first-order chi connectivity index (χ1) is 8.40. The van der Waals surface area contributed by atoms with E-state index in [9.17, 15) is 57.2 Å². The van der Waals surface area contributed by atoms with Crippen LogP contribution in [0.15, 0.2) is 0 Å². The van der Waals surface area contributed by atoms with Crippen LogP contribution in [0.25, 0.3) is 0 Å². The van der Waals surface area contributed by atoms with Gasteiger partial charge in [-0.25, -0.2) is 0 Å². The van der Waals surface area contributed by atoms with Crippen LogP contribution in [0.4, 0.5) is 52.7 Å². The molecular formula is C6H2F12OS. The van der Waals surface area contributed by atoms with Crippen LogP contribution in [0.1, 0.15) is 0 Å². The van der Waals surface area contributed by atoms with Crippen molar-refractivity contribution in [2.45, 2.75) is 35.2 Å². The SMILES string of the molecule is [O-][S+](C(C(F)(F)F)C(F)(F)F)C(C(F)(F)F)C(F)(F)F. The van der Waals surface area contributed by atoms with Gasteiger partial charge >= 0.3 is 35.2 Å². The highest BCUT2D eigenvalue weighted by Gasteiger charge is 2.74. The van der Waals surface area contributed by atoms with Gasteiger partial charge in [-0.2, -0.15) is 52.7 Å². The first-order valence-electron chi connectivity index (χ1n) is 4.06. The van der Waals surface area contributed by atoms with Crippen molar-refractivity contribution in [3.63, 3.8) is 0 Å². The van der Waals surface area contributed by atoms with E-state index < -0.39 is 46.4 Å². The Morgan fingerprint density at radius 1 is 0.500 bits per heavy atom. The Morgan fingerprint density at radius 2 is 0.650 bits per heavy atom. The van der Waals surface area contributed by atoms with E-state index in [1.807, 2.05) is 0 Å². The minimum atomic E-state index is -6.59. The van der Waals surface area contributed by atoms with Crippen LogP contribution in [0.5, 0.6) is 0 Å². The molecule has 0 saturated heterocycles. The lowest BCUT2D eigenvalue weighted by Crippen LogP contribution is -2.58. The molecule has 0 spiro atoms. The van der Waals surface area contributed by atoms with Crippen molar-refractivity contribution in [3.05, 3.63) is 0 Å². The van der Waals surface area contributed by atoms with Crippen LogP contribution in [0, 0.1) is 0 Å². The third-order valence-electron chi connectivity index (χ3n) is 1.65. The molecule has 0 aliphatic rings. The van der Waals surface area contributed by atoms with Crippen molar-refractivity contribution in [2.24, 2.45) is 0 Å². The quantitative estimate of drug-likeness (QED) is 0.550. The Labute approximate surface area is 105 Å². The van der Waals surface area contributed by atoms with Gasteiger partial charge in [0.2, 0.25) is 0 Å². The van der Waals surface area contributed by atoms with Gasteiger partial charge in [0.15, 0.2) is 0 Å². The molecule has 0 unspecified atom stereocenters. The second-order valence-corrected chi connectivity index (χ2v) is 4.85. The van der Waals surface area contributed by atoms with Crippen molar-refractivity contribution in [1.29, 1.82) is 0 Å². The molecule has 0 atom stereocenters. The minimum Gasteiger partial charge on any atom is -0.615 e. The molecule has 0 aliphatic carbocycles. The average molecular weight is 350 g/mol. The van der Waals surface area contributed by atoms with E-state index in [0.29, 0.717) is 0 Å². The second kappa shape index (κ2) is 5.35. The summed E-state index contributed by atoms with van der Waals surface area (Å²) >= 11 is -5.37. The molecule has 0 aromatic heterocycles. The molecule has 20 heavy (non-hydrogen) atoms. The van der Waals surface area contributed by atoms with E-state index in [0.717, 1.165) is 0 Å². The van der Waals surface area contributed by atoms with Crippen LogP contribution in [0.3, 0.4) is 0 Å². The van der Waals surface area contributed by atoms with E-state index in [1.165, 1.54) is 0 Å². The predicted molar refractivity (Wildman–Crippen MR) is 39.9 cm³/mol. The molecule has 0 fully saturated rings. The summed E-state index contributed by atoms with van der Waals surface area (Å²) in [4.78, 5) is 0. The highest BCUT2D eigenvalue weighted by Crippen LogP contribution is 2.46. The largest absolute Gasteiger partial charge is 0.615 e. The summed E-state index contributed by atoms with van der Waals surface area (Å²) in [6.07, 6.45) is -26.3. The third-order valence-corrected chi connectivity index (χ3v) is 3.65. The molecule has 122 valence electrons. The fourth-order valence-corrected chi connectivity index (χ4v) is 2.36. The molecule has 0 amide bonds. The molecule has 0 aliphatic heterocycles. The van der Waals surface area contributed by atoms with Crippen LogP contribution in [-0.4, -0.2) is 39.8 Å². The highest BCUT2D eigenvalue weighted by atomic mass is 32.2. The summed E-state index contributed by atoms with van der Waals surface area (Å²) in [6, 6.07) is 0. The molecule has 0 saturated carbocycles. The molecule has 0 heterocycles. The summed E-state index contributed by atoms with van der Waals surface area (Å²) in [7, 11) is 0. The van der Waals surface area contributed by atoms with Crippen LogP contribution in [0.2, 0.25) is 0 Å². The van der Waals surface area contributed by atoms with Crippen molar-refractivity contribution in [2.75, 3.05) is 0 Å².